The average Bonchev–Trinajstić information content (AvgIpc) is 3.19. The van der Waals surface area contributed by atoms with Crippen molar-refractivity contribution in [1.29, 1.82) is 0 Å². The Morgan fingerprint density at radius 2 is 2.03 bits per heavy atom. The highest BCUT2D eigenvalue weighted by Gasteiger charge is 2.21. The highest BCUT2D eigenvalue weighted by molar-refractivity contribution is 7.22. The summed E-state index contributed by atoms with van der Waals surface area (Å²) in [7, 11) is 0. The van der Waals surface area contributed by atoms with E-state index in [0.29, 0.717) is 18.0 Å². The van der Waals surface area contributed by atoms with Gasteiger partial charge in [0, 0.05) is 31.2 Å². The van der Waals surface area contributed by atoms with E-state index in [1.54, 1.807) is 11.3 Å². The Morgan fingerprint density at radius 3 is 2.81 bits per heavy atom. The van der Waals surface area contributed by atoms with E-state index in [-0.39, 0.29) is 5.91 Å². The lowest BCUT2D eigenvalue weighted by molar-refractivity contribution is -0.118. The number of aromatic nitrogens is 1. The Morgan fingerprint density at radius 1 is 1.23 bits per heavy atom. The van der Waals surface area contributed by atoms with Gasteiger partial charge < -0.3 is 4.74 Å². The number of amides is 1. The molecule has 4 rings (SSSR count). The zero-order chi connectivity index (χ0) is 21.8. The van der Waals surface area contributed by atoms with E-state index in [4.69, 9.17) is 21.3 Å². The second kappa shape index (κ2) is 10.1. The topological polar surface area (TPSA) is 45.7 Å². The first-order valence-corrected chi connectivity index (χ1v) is 11.9. The maximum absolute atomic E-state index is 13.4. The van der Waals surface area contributed by atoms with E-state index in [1.165, 1.54) is 0 Å². The molecule has 0 N–H and O–H groups in total. The van der Waals surface area contributed by atoms with Crippen LogP contribution in [0, 0.1) is 13.8 Å². The molecule has 2 heterocycles. The summed E-state index contributed by atoms with van der Waals surface area (Å²) in [6, 6.07) is 12.0. The number of halogens is 1. The Labute approximate surface area is 192 Å². The molecule has 3 aromatic rings. The molecule has 1 saturated heterocycles. The molecule has 7 heteroatoms. The van der Waals surface area contributed by atoms with Crippen molar-refractivity contribution in [3.8, 4) is 0 Å². The Hall–Kier alpha value is -1.99. The number of benzene rings is 2. The van der Waals surface area contributed by atoms with E-state index in [0.717, 1.165) is 71.3 Å². The van der Waals surface area contributed by atoms with Crippen LogP contribution in [-0.2, 0) is 16.0 Å². The summed E-state index contributed by atoms with van der Waals surface area (Å²) in [6.07, 6.45) is 1.27. The zero-order valence-corrected chi connectivity index (χ0v) is 19.6. The number of hydrogen-bond donors (Lipinski definition) is 0. The van der Waals surface area contributed by atoms with Gasteiger partial charge in [-0.2, -0.15) is 0 Å². The molecule has 0 radical (unpaired) electrons. The third-order valence-corrected chi connectivity index (χ3v) is 7.12. The van der Waals surface area contributed by atoms with Crippen molar-refractivity contribution in [2.24, 2.45) is 0 Å². The van der Waals surface area contributed by atoms with Crippen molar-refractivity contribution in [2.75, 3.05) is 44.3 Å². The van der Waals surface area contributed by atoms with Crippen LogP contribution in [0.4, 0.5) is 5.13 Å². The molecule has 0 saturated carbocycles. The maximum atomic E-state index is 13.4. The molecule has 0 bridgehead atoms. The number of nitrogens with zero attached hydrogens (tertiary/aromatic N) is 3. The van der Waals surface area contributed by atoms with Crippen LogP contribution in [0.1, 0.15) is 23.1 Å². The highest BCUT2D eigenvalue weighted by Crippen LogP contribution is 2.34. The molecular weight excluding hydrogens is 430 g/mol. The fourth-order valence-electron chi connectivity index (χ4n) is 3.90. The van der Waals surface area contributed by atoms with Gasteiger partial charge in [-0.3, -0.25) is 14.6 Å². The first-order valence-electron chi connectivity index (χ1n) is 10.7. The van der Waals surface area contributed by atoms with E-state index in [2.05, 4.69) is 11.0 Å². The van der Waals surface area contributed by atoms with Crippen LogP contribution in [-0.4, -0.2) is 55.2 Å². The lowest BCUT2D eigenvalue weighted by Crippen LogP contribution is -2.39. The number of morpholine rings is 1. The normalized spacial score (nSPS) is 14.8. The van der Waals surface area contributed by atoms with Gasteiger partial charge in [-0.1, -0.05) is 52.8 Å². The summed E-state index contributed by atoms with van der Waals surface area (Å²) in [6.45, 7) is 9.11. The number of ether oxygens (including phenoxy) is 1. The minimum atomic E-state index is 0.0791. The summed E-state index contributed by atoms with van der Waals surface area (Å²) in [5.41, 5.74) is 4.04. The molecule has 5 nitrogen and oxygen atoms in total. The number of carbonyl (C=O) groups excluding carboxylic acids is 1. The molecule has 0 atom stereocenters. The highest BCUT2D eigenvalue weighted by atomic mass is 35.5. The van der Waals surface area contributed by atoms with Gasteiger partial charge in [0.25, 0.3) is 0 Å². The zero-order valence-electron chi connectivity index (χ0n) is 18.1. The summed E-state index contributed by atoms with van der Waals surface area (Å²) in [5, 5.41) is 1.45. The summed E-state index contributed by atoms with van der Waals surface area (Å²) in [5.74, 6) is 0.0791. The molecule has 1 amide bonds. The molecule has 0 spiro atoms. The van der Waals surface area contributed by atoms with Gasteiger partial charge in [-0.15, -0.1) is 0 Å². The molecule has 1 aliphatic heterocycles. The predicted molar refractivity (Wildman–Crippen MR) is 128 cm³/mol. The van der Waals surface area contributed by atoms with Crippen LogP contribution in [0.25, 0.3) is 10.2 Å². The van der Waals surface area contributed by atoms with Crippen molar-refractivity contribution in [1.82, 2.24) is 9.88 Å². The molecule has 0 unspecified atom stereocenters. The summed E-state index contributed by atoms with van der Waals surface area (Å²) in [4.78, 5) is 22.5. The molecule has 0 aliphatic carbocycles. The van der Waals surface area contributed by atoms with Crippen molar-refractivity contribution in [2.45, 2.75) is 26.7 Å². The van der Waals surface area contributed by atoms with Crippen molar-refractivity contribution in [3.05, 3.63) is 58.1 Å². The number of fused-ring (bicyclic) bond motifs is 1. The maximum Gasteiger partial charge on any atom is 0.233 e. The number of carbonyl (C=O) groups is 1. The van der Waals surface area contributed by atoms with E-state index >= 15 is 0 Å². The minimum Gasteiger partial charge on any atom is -0.379 e. The molecule has 2 aromatic carbocycles. The minimum absolute atomic E-state index is 0.0791. The van der Waals surface area contributed by atoms with Gasteiger partial charge in [0.2, 0.25) is 5.91 Å². The quantitative estimate of drug-likeness (QED) is 0.508. The first kappa shape index (κ1) is 22.2. The van der Waals surface area contributed by atoms with E-state index in [1.807, 2.05) is 49.1 Å². The van der Waals surface area contributed by atoms with E-state index in [9.17, 15) is 4.79 Å². The third kappa shape index (κ3) is 5.44. The second-order valence-electron chi connectivity index (χ2n) is 8.03. The molecule has 164 valence electrons. The lowest BCUT2D eigenvalue weighted by Gasteiger charge is -2.27. The van der Waals surface area contributed by atoms with Crippen LogP contribution in [0.15, 0.2) is 36.4 Å². The van der Waals surface area contributed by atoms with Gasteiger partial charge in [0.15, 0.2) is 5.13 Å². The SMILES string of the molecule is Cc1cccc(CC(=O)N(CCCN2CCOCC2)c2nc3c(C)c(Cl)ccc3s2)c1. The van der Waals surface area contributed by atoms with Gasteiger partial charge in [0.1, 0.15) is 0 Å². The van der Waals surface area contributed by atoms with Crippen LogP contribution < -0.4 is 4.90 Å². The van der Waals surface area contributed by atoms with Crippen molar-refractivity contribution < 1.29 is 9.53 Å². The van der Waals surface area contributed by atoms with E-state index < -0.39 is 0 Å². The van der Waals surface area contributed by atoms with Crippen molar-refractivity contribution >= 4 is 44.2 Å². The fraction of sp³-hybridized carbons (Fsp3) is 0.417. The second-order valence-corrected chi connectivity index (χ2v) is 9.45. The van der Waals surface area contributed by atoms with Crippen molar-refractivity contribution in [3.63, 3.8) is 0 Å². The average molecular weight is 458 g/mol. The Balaban J connectivity index is 1.55. The van der Waals surface area contributed by atoms with Gasteiger partial charge in [-0.05, 0) is 43.5 Å². The third-order valence-electron chi connectivity index (χ3n) is 5.67. The Kier molecular flexibility index (Phi) is 7.23. The number of hydrogen-bond acceptors (Lipinski definition) is 5. The monoisotopic (exact) mass is 457 g/mol. The first-order chi connectivity index (χ1) is 15.0. The standard InChI is InChI=1S/C24H28ClN3O2S/c1-17-5-3-6-19(15-17)16-22(29)28(10-4-9-27-11-13-30-14-12-27)24-26-23-18(2)20(25)7-8-21(23)31-24/h3,5-8,15H,4,9-14,16H2,1-2H3. The lowest BCUT2D eigenvalue weighted by atomic mass is 10.1. The fourth-order valence-corrected chi connectivity index (χ4v) is 5.12. The molecule has 31 heavy (non-hydrogen) atoms. The Bertz CT molecular complexity index is 1060. The summed E-state index contributed by atoms with van der Waals surface area (Å²) >= 11 is 7.86. The largest absolute Gasteiger partial charge is 0.379 e. The molecule has 1 aromatic heterocycles. The predicted octanol–water partition coefficient (Wildman–Crippen LogP) is 4.86. The van der Waals surface area contributed by atoms with Gasteiger partial charge in [-0.25, -0.2) is 4.98 Å². The van der Waals surface area contributed by atoms with Gasteiger partial charge >= 0.3 is 0 Å². The number of rotatable bonds is 7. The summed E-state index contributed by atoms with van der Waals surface area (Å²) < 4.78 is 6.49. The smallest absolute Gasteiger partial charge is 0.233 e. The van der Waals surface area contributed by atoms with Crippen LogP contribution in [0.2, 0.25) is 5.02 Å². The molecule has 1 fully saturated rings. The molecular formula is C24H28ClN3O2S. The van der Waals surface area contributed by atoms with Crippen LogP contribution in [0.5, 0.6) is 0 Å². The molecule has 1 aliphatic rings. The number of aryl methyl sites for hydroxylation is 2. The number of thiazole rings is 1. The van der Waals surface area contributed by atoms with Crippen LogP contribution >= 0.6 is 22.9 Å². The van der Waals surface area contributed by atoms with Gasteiger partial charge in [0.05, 0.1) is 29.9 Å². The number of anilines is 1. The van der Waals surface area contributed by atoms with Crippen LogP contribution in [0.3, 0.4) is 0 Å².